The molecule has 0 fully saturated rings. The third-order valence-corrected chi connectivity index (χ3v) is 5.33. The molecular weight excluding hydrogens is 474 g/mol. The smallest absolute Gasteiger partial charge is 0.338 e. The van der Waals surface area contributed by atoms with Crippen LogP contribution in [-0.4, -0.2) is 35.4 Å². The number of anilines is 1. The highest BCUT2D eigenvalue weighted by Crippen LogP contribution is 2.16. The number of methoxy groups -OCH3 is 1. The van der Waals surface area contributed by atoms with Gasteiger partial charge in [0.25, 0.3) is 11.5 Å². The predicted molar refractivity (Wildman–Crippen MR) is 138 cm³/mol. The van der Waals surface area contributed by atoms with Crippen molar-refractivity contribution in [3.05, 3.63) is 112 Å². The molecule has 1 amide bonds. The van der Waals surface area contributed by atoms with E-state index in [-0.39, 0.29) is 30.6 Å². The van der Waals surface area contributed by atoms with Gasteiger partial charge in [0.15, 0.2) is 0 Å². The largest absolute Gasteiger partial charge is 0.497 e. The molecule has 0 radical (unpaired) electrons. The second kappa shape index (κ2) is 11.7. The van der Waals surface area contributed by atoms with E-state index in [0.29, 0.717) is 22.5 Å². The van der Waals surface area contributed by atoms with E-state index in [1.165, 1.54) is 16.8 Å². The quantitative estimate of drug-likeness (QED) is 0.343. The van der Waals surface area contributed by atoms with Crippen LogP contribution in [0.3, 0.4) is 0 Å². The molecule has 0 aliphatic heterocycles. The van der Waals surface area contributed by atoms with Gasteiger partial charge in [-0.15, -0.1) is 5.10 Å². The maximum absolute atomic E-state index is 12.7. The zero-order chi connectivity index (χ0) is 26.2. The monoisotopic (exact) mass is 499 g/mol. The SMILES string of the molecule is CCOC(=O)c1cccc(NC(=O)c2ccc(-n3nc(OCc4ccc(OC)cc4)ccc3=O)cc2)c1. The summed E-state index contributed by atoms with van der Waals surface area (Å²) in [4.78, 5) is 37.1. The summed E-state index contributed by atoms with van der Waals surface area (Å²) in [5.74, 6) is 0.192. The molecule has 0 unspecified atom stereocenters. The first-order chi connectivity index (χ1) is 18.0. The molecule has 1 aromatic heterocycles. The third kappa shape index (κ3) is 6.40. The summed E-state index contributed by atoms with van der Waals surface area (Å²) in [6.45, 7) is 2.26. The molecule has 9 heteroatoms. The number of ether oxygens (including phenoxy) is 3. The van der Waals surface area contributed by atoms with Gasteiger partial charge in [-0.05, 0) is 67.1 Å². The first-order valence-electron chi connectivity index (χ1n) is 11.5. The van der Waals surface area contributed by atoms with Crippen LogP contribution in [-0.2, 0) is 11.3 Å². The molecule has 0 atom stereocenters. The number of carbonyl (C=O) groups excluding carboxylic acids is 2. The Hall–Kier alpha value is -4.92. The van der Waals surface area contributed by atoms with Crippen LogP contribution in [0.25, 0.3) is 5.69 Å². The third-order valence-electron chi connectivity index (χ3n) is 5.33. The van der Waals surface area contributed by atoms with Crippen LogP contribution in [0.5, 0.6) is 11.6 Å². The number of carbonyl (C=O) groups is 2. The van der Waals surface area contributed by atoms with Crippen molar-refractivity contribution >= 4 is 17.6 Å². The molecule has 4 aromatic rings. The fourth-order valence-corrected chi connectivity index (χ4v) is 3.43. The van der Waals surface area contributed by atoms with E-state index < -0.39 is 5.97 Å². The van der Waals surface area contributed by atoms with E-state index >= 15 is 0 Å². The Balaban J connectivity index is 1.44. The van der Waals surface area contributed by atoms with Crippen molar-refractivity contribution in [3.63, 3.8) is 0 Å². The number of rotatable bonds is 9. The highest BCUT2D eigenvalue weighted by atomic mass is 16.5. The second-order valence-corrected chi connectivity index (χ2v) is 7.86. The van der Waals surface area contributed by atoms with Gasteiger partial charge in [0, 0.05) is 23.4 Å². The average Bonchev–Trinajstić information content (AvgIpc) is 2.93. The zero-order valence-electron chi connectivity index (χ0n) is 20.3. The zero-order valence-corrected chi connectivity index (χ0v) is 20.3. The van der Waals surface area contributed by atoms with Crippen molar-refractivity contribution in [2.75, 3.05) is 19.0 Å². The lowest BCUT2D eigenvalue weighted by molar-refractivity contribution is 0.0526. The Morgan fingerprint density at radius 2 is 1.68 bits per heavy atom. The molecule has 0 bridgehead atoms. The molecule has 1 heterocycles. The van der Waals surface area contributed by atoms with E-state index in [9.17, 15) is 14.4 Å². The number of amides is 1. The predicted octanol–water partition coefficient (Wildman–Crippen LogP) is 4.25. The maximum Gasteiger partial charge on any atom is 0.338 e. The molecule has 0 saturated carbocycles. The van der Waals surface area contributed by atoms with Crippen LogP contribution in [0, 0.1) is 0 Å². The Kier molecular flexibility index (Phi) is 7.95. The standard InChI is InChI=1S/C28H25N3O6/c1-3-36-28(34)21-5-4-6-22(17-21)29-27(33)20-9-11-23(12-10-20)31-26(32)16-15-25(30-31)37-18-19-7-13-24(35-2)14-8-19/h4-17H,3,18H2,1-2H3,(H,29,33). The van der Waals surface area contributed by atoms with Crippen LogP contribution in [0.15, 0.2) is 89.7 Å². The van der Waals surface area contributed by atoms with E-state index in [4.69, 9.17) is 14.2 Å². The minimum Gasteiger partial charge on any atom is -0.497 e. The summed E-state index contributed by atoms with van der Waals surface area (Å²) in [5, 5.41) is 7.04. The molecule has 0 saturated heterocycles. The topological polar surface area (TPSA) is 109 Å². The Morgan fingerprint density at radius 3 is 2.38 bits per heavy atom. The van der Waals surface area contributed by atoms with E-state index in [0.717, 1.165) is 11.3 Å². The van der Waals surface area contributed by atoms with Crippen molar-refractivity contribution in [3.8, 4) is 17.3 Å². The number of aromatic nitrogens is 2. The summed E-state index contributed by atoms with van der Waals surface area (Å²) < 4.78 is 17.1. The van der Waals surface area contributed by atoms with E-state index in [2.05, 4.69) is 10.4 Å². The number of benzene rings is 3. The first kappa shape index (κ1) is 25.2. The van der Waals surface area contributed by atoms with Crippen LogP contribution >= 0.6 is 0 Å². The summed E-state index contributed by atoms with van der Waals surface area (Å²) in [5.41, 5.74) is 2.22. The lowest BCUT2D eigenvalue weighted by Crippen LogP contribution is -2.20. The maximum atomic E-state index is 12.7. The summed E-state index contributed by atoms with van der Waals surface area (Å²) in [6.07, 6.45) is 0. The highest BCUT2D eigenvalue weighted by Gasteiger charge is 2.11. The van der Waals surface area contributed by atoms with Crippen molar-refractivity contribution in [1.29, 1.82) is 0 Å². The normalized spacial score (nSPS) is 10.4. The van der Waals surface area contributed by atoms with Crippen LogP contribution in [0.4, 0.5) is 5.69 Å². The molecule has 0 spiro atoms. The van der Waals surface area contributed by atoms with Gasteiger partial charge in [-0.2, -0.15) is 4.68 Å². The number of esters is 1. The van der Waals surface area contributed by atoms with Gasteiger partial charge < -0.3 is 19.5 Å². The van der Waals surface area contributed by atoms with Gasteiger partial charge >= 0.3 is 5.97 Å². The Labute approximate surface area is 213 Å². The van der Waals surface area contributed by atoms with Gasteiger partial charge in [-0.3, -0.25) is 9.59 Å². The van der Waals surface area contributed by atoms with E-state index in [1.807, 2.05) is 24.3 Å². The highest BCUT2D eigenvalue weighted by molar-refractivity contribution is 6.05. The summed E-state index contributed by atoms with van der Waals surface area (Å²) in [7, 11) is 1.60. The van der Waals surface area contributed by atoms with E-state index in [1.54, 1.807) is 62.6 Å². The van der Waals surface area contributed by atoms with Gasteiger partial charge in [0.2, 0.25) is 5.88 Å². The lowest BCUT2D eigenvalue weighted by atomic mass is 10.1. The minimum absolute atomic E-state index is 0.261. The number of nitrogens with one attached hydrogen (secondary N) is 1. The molecule has 3 aromatic carbocycles. The van der Waals surface area contributed by atoms with Crippen LogP contribution in [0.1, 0.15) is 33.2 Å². The van der Waals surface area contributed by atoms with Crippen molar-refractivity contribution in [2.24, 2.45) is 0 Å². The molecule has 4 rings (SSSR count). The molecule has 1 N–H and O–H groups in total. The van der Waals surface area contributed by atoms with Crippen molar-refractivity contribution < 1.29 is 23.8 Å². The van der Waals surface area contributed by atoms with Crippen LogP contribution in [0.2, 0.25) is 0 Å². The molecule has 0 aliphatic rings. The molecular formula is C28H25N3O6. The number of hydrogen-bond acceptors (Lipinski definition) is 7. The minimum atomic E-state index is -0.462. The molecule has 9 nitrogen and oxygen atoms in total. The van der Waals surface area contributed by atoms with Gasteiger partial charge in [0.1, 0.15) is 12.4 Å². The fourth-order valence-electron chi connectivity index (χ4n) is 3.43. The Bertz CT molecular complexity index is 1450. The molecule has 188 valence electrons. The number of hydrogen-bond donors (Lipinski definition) is 1. The number of nitrogens with zero attached hydrogens (tertiary/aromatic N) is 2. The second-order valence-electron chi connectivity index (χ2n) is 7.86. The fraction of sp³-hybridized carbons (Fsp3) is 0.143. The molecule has 0 aliphatic carbocycles. The summed E-state index contributed by atoms with van der Waals surface area (Å²) >= 11 is 0. The Morgan fingerprint density at radius 1 is 0.919 bits per heavy atom. The molecule has 37 heavy (non-hydrogen) atoms. The first-order valence-corrected chi connectivity index (χ1v) is 11.5. The van der Waals surface area contributed by atoms with Gasteiger partial charge in [-0.25, -0.2) is 4.79 Å². The van der Waals surface area contributed by atoms with Gasteiger partial charge in [-0.1, -0.05) is 18.2 Å². The average molecular weight is 500 g/mol. The van der Waals surface area contributed by atoms with Crippen LogP contribution < -0.4 is 20.3 Å². The van der Waals surface area contributed by atoms with Crippen molar-refractivity contribution in [2.45, 2.75) is 13.5 Å². The van der Waals surface area contributed by atoms with Gasteiger partial charge in [0.05, 0.1) is 25.0 Å². The lowest BCUT2D eigenvalue weighted by Gasteiger charge is -2.10. The summed E-state index contributed by atoms with van der Waals surface area (Å²) in [6, 6.07) is 23.2. The van der Waals surface area contributed by atoms with Crippen molar-refractivity contribution in [1.82, 2.24) is 9.78 Å².